The van der Waals surface area contributed by atoms with Crippen LogP contribution in [0.1, 0.15) is 18.5 Å². The summed E-state index contributed by atoms with van der Waals surface area (Å²) in [6.07, 6.45) is 5.68. The molecule has 1 N–H and O–H groups in total. The van der Waals surface area contributed by atoms with Gasteiger partial charge in [0.1, 0.15) is 0 Å². The first kappa shape index (κ1) is 15.1. The molecule has 0 fully saturated rings. The number of nitrogens with one attached hydrogen (secondary N) is 1. The maximum absolute atomic E-state index is 11.8. The van der Waals surface area contributed by atoms with Crippen molar-refractivity contribution >= 4 is 5.69 Å². The summed E-state index contributed by atoms with van der Waals surface area (Å²) in [5.74, 6) is 0. The molecule has 5 nitrogen and oxygen atoms in total. The molecule has 2 heterocycles. The molecule has 0 aliphatic heterocycles. The van der Waals surface area contributed by atoms with E-state index in [4.69, 9.17) is 0 Å². The Bertz CT molecular complexity index is 864. The predicted molar refractivity (Wildman–Crippen MR) is 92.7 cm³/mol. The van der Waals surface area contributed by atoms with Crippen molar-refractivity contribution < 1.29 is 0 Å². The van der Waals surface area contributed by atoms with Gasteiger partial charge < -0.3 is 9.88 Å². The molecule has 5 heteroatoms. The molecule has 0 radical (unpaired) electrons. The van der Waals surface area contributed by atoms with Crippen LogP contribution in [0.2, 0.25) is 0 Å². The van der Waals surface area contributed by atoms with Gasteiger partial charge in [0.2, 0.25) is 0 Å². The van der Waals surface area contributed by atoms with E-state index < -0.39 is 0 Å². The molecule has 3 rings (SSSR count). The summed E-state index contributed by atoms with van der Waals surface area (Å²) in [5, 5.41) is 7.58. The Balaban J connectivity index is 2.00. The monoisotopic (exact) mass is 308 g/mol. The lowest BCUT2D eigenvalue weighted by Gasteiger charge is -2.12. The Morgan fingerprint density at radius 3 is 2.61 bits per heavy atom. The number of aryl methyl sites for hydroxylation is 1. The lowest BCUT2D eigenvalue weighted by Crippen LogP contribution is -2.16. The third-order valence-electron chi connectivity index (χ3n) is 4.09. The molecule has 0 aliphatic rings. The lowest BCUT2D eigenvalue weighted by molar-refractivity contribution is 0.565. The van der Waals surface area contributed by atoms with Crippen molar-refractivity contribution in [3.05, 3.63) is 70.9 Å². The molecule has 3 aromatic rings. The topological polar surface area (TPSA) is 51.9 Å². The molecule has 118 valence electrons. The average Bonchev–Trinajstić information content (AvgIpc) is 3.06. The standard InChI is InChI=1S/C18H20N4O/c1-13(14-7-5-4-6-8-14)22-11-15(10-20-22)16-12-21(3)18(23)9-17(16)19-2/h4-13,19H,1-3H3. The molecule has 23 heavy (non-hydrogen) atoms. The van der Waals surface area contributed by atoms with E-state index in [-0.39, 0.29) is 11.6 Å². The van der Waals surface area contributed by atoms with E-state index >= 15 is 0 Å². The average molecular weight is 308 g/mol. The van der Waals surface area contributed by atoms with E-state index in [0.29, 0.717) is 0 Å². The summed E-state index contributed by atoms with van der Waals surface area (Å²) in [6, 6.07) is 12.0. The van der Waals surface area contributed by atoms with E-state index in [1.807, 2.05) is 48.5 Å². The third-order valence-corrected chi connectivity index (χ3v) is 4.09. The number of anilines is 1. The minimum atomic E-state index is -0.0388. The summed E-state index contributed by atoms with van der Waals surface area (Å²) in [5.41, 5.74) is 3.91. The SMILES string of the molecule is CNc1cc(=O)n(C)cc1-c1cnn(C(C)c2ccccc2)c1. The highest BCUT2D eigenvalue weighted by atomic mass is 16.1. The lowest BCUT2D eigenvalue weighted by atomic mass is 10.1. The highest BCUT2D eigenvalue weighted by molar-refractivity contribution is 5.76. The van der Waals surface area contributed by atoms with Crippen LogP contribution in [0.25, 0.3) is 11.1 Å². The van der Waals surface area contributed by atoms with Gasteiger partial charge in [-0.2, -0.15) is 5.10 Å². The van der Waals surface area contributed by atoms with Crippen molar-refractivity contribution in [1.29, 1.82) is 0 Å². The Kier molecular flexibility index (Phi) is 4.02. The minimum Gasteiger partial charge on any atom is -0.387 e. The smallest absolute Gasteiger partial charge is 0.252 e. The fourth-order valence-corrected chi connectivity index (χ4v) is 2.64. The summed E-state index contributed by atoms with van der Waals surface area (Å²) in [6.45, 7) is 2.12. The maximum Gasteiger partial charge on any atom is 0.252 e. The van der Waals surface area contributed by atoms with Gasteiger partial charge in [-0.1, -0.05) is 30.3 Å². The fourth-order valence-electron chi connectivity index (χ4n) is 2.64. The largest absolute Gasteiger partial charge is 0.387 e. The van der Waals surface area contributed by atoms with Crippen LogP contribution in [0.4, 0.5) is 5.69 Å². The molecule has 0 bridgehead atoms. The molecule has 1 unspecified atom stereocenters. The second-order valence-electron chi connectivity index (χ2n) is 5.60. The van der Waals surface area contributed by atoms with Crippen molar-refractivity contribution in [2.45, 2.75) is 13.0 Å². The van der Waals surface area contributed by atoms with E-state index in [0.717, 1.165) is 16.8 Å². The van der Waals surface area contributed by atoms with Crippen molar-refractivity contribution in [3.63, 3.8) is 0 Å². The van der Waals surface area contributed by atoms with E-state index in [2.05, 4.69) is 29.5 Å². The highest BCUT2D eigenvalue weighted by Gasteiger charge is 2.12. The van der Waals surface area contributed by atoms with Crippen LogP contribution in [-0.4, -0.2) is 21.4 Å². The second kappa shape index (κ2) is 6.12. The number of benzene rings is 1. The predicted octanol–water partition coefficient (Wildman–Crippen LogP) is 2.90. The Morgan fingerprint density at radius 2 is 1.91 bits per heavy atom. The first-order valence-corrected chi connectivity index (χ1v) is 7.58. The molecule has 1 aromatic carbocycles. The van der Waals surface area contributed by atoms with Crippen molar-refractivity contribution in [1.82, 2.24) is 14.3 Å². The van der Waals surface area contributed by atoms with Gasteiger partial charge in [0.25, 0.3) is 5.56 Å². The van der Waals surface area contributed by atoms with Crippen LogP contribution in [0.3, 0.4) is 0 Å². The molecule has 0 saturated carbocycles. The van der Waals surface area contributed by atoms with Crippen LogP contribution < -0.4 is 10.9 Å². The summed E-state index contributed by atoms with van der Waals surface area (Å²) >= 11 is 0. The van der Waals surface area contributed by atoms with Gasteiger partial charge >= 0.3 is 0 Å². The molecule has 0 spiro atoms. The van der Waals surface area contributed by atoms with Crippen LogP contribution >= 0.6 is 0 Å². The van der Waals surface area contributed by atoms with Gasteiger partial charge in [0.15, 0.2) is 0 Å². The Hall–Kier alpha value is -2.82. The van der Waals surface area contributed by atoms with Crippen LogP contribution in [0, 0.1) is 0 Å². The molecule has 0 saturated heterocycles. The first-order chi connectivity index (χ1) is 11.1. The Morgan fingerprint density at radius 1 is 1.17 bits per heavy atom. The number of pyridine rings is 1. The summed E-state index contributed by atoms with van der Waals surface area (Å²) in [7, 11) is 3.57. The first-order valence-electron chi connectivity index (χ1n) is 7.58. The molecule has 0 aliphatic carbocycles. The highest BCUT2D eigenvalue weighted by Crippen LogP contribution is 2.27. The number of nitrogens with zero attached hydrogens (tertiary/aromatic N) is 3. The van der Waals surface area contributed by atoms with Gasteiger partial charge in [0, 0.05) is 49.4 Å². The van der Waals surface area contributed by atoms with E-state index in [9.17, 15) is 4.79 Å². The third kappa shape index (κ3) is 2.90. The van der Waals surface area contributed by atoms with E-state index in [1.165, 1.54) is 5.56 Å². The normalized spacial score (nSPS) is 12.1. The molecule has 2 aromatic heterocycles. The zero-order chi connectivity index (χ0) is 16.4. The Labute approximate surface area is 135 Å². The van der Waals surface area contributed by atoms with Gasteiger partial charge in [-0.05, 0) is 12.5 Å². The van der Waals surface area contributed by atoms with Gasteiger partial charge in [-0.25, -0.2) is 0 Å². The zero-order valence-electron chi connectivity index (χ0n) is 13.5. The van der Waals surface area contributed by atoms with Crippen LogP contribution in [0.15, 0.2) is 59.8 Å². The molecule has 0 amide bonds. The number of aromatic nitrogens is 3. The second-order valence-corrected chi connectivity index (χ2v) is 5.60. The van der Waals surface area contributed by atoms with E-state index in [1.54, 1.807) is 17.7 Å². The minimum absolute atomic E-state index is 0.0388. The summed E-state index contributed by atoms with van der Waals surface area (Å²) in [4.78, 5) is 11.8. The zero-order valence-corrected chi connectivity index (χ0v) is 13.5. The fraction of sp³-hybridized carbons (Fsp3) is 0.222. The van der Waals surface area contributed by atoms with Crippen molar-refractivity contribution in [3.8, 4) is 11.1 Å². The maximum atomic E-state index is 11.8. The summed E-state index contributed by atoms with van der Waals surface area (Å²) < 4.78 is 3.52. The van der Waals surface area contributed by atoms with Crippen molar-refractivity contribution in [2.75, 3.05) is 12.4 Å². The number of rotatable bonds is 4. The molecular weight excluding hydrogens is 288 g/mol. The van der Waals surface area contributed by atoms with Gasteiger partial charge in [-0.3, -0.25) is 9.48 Å². The van der Waals surface area contributed by atoms with Crippen molar-refractivity contribution in [2.24, 2.45) is 7.05 Å². The van der Waals surface area contributed by atoms with Gasteiger partial charge in [-0.15, -0.1) is 0 Å². The molecule has 1 atom stereocenters. The number of hydrogen-bond donors (Lipinski definition) is 1. The number of hydrogen-bond acceptors (Lipinski definition) is 3. The van der Waals surface area contributed by atoms with Gasteiger partial charge in [0.05, 0.1) is 12.2 Å². The molecular formula is C18H20N4O. The quantitative estimate of drug-likeness (QED) is 0.806. The van der Waals surface area contributed by atoms with Crippen LogP contribution in [0.5, 0.6) is 0 Å². The van der Waals surface area contributed by atoms with Crippen LogP contribution in [-0.2, 0) is 7.05 Å².